The molecule has 2 aromatic rings. The van der Waals surface area contributed by atoms with Crippen LogP contribution in [0.2, 0.25) is 0 Å². The predicted octanol–water partition coefficient (Wildman–Crippen LogP) is 1.21. The van der Waals surface area contributed by atoms with Crippen molar-refractivity contribution in [3.05, 3.63) is 47.3 Å². The quantitative estimate of drug-likeness (QED) is 0.725. The van der Waals surface area contributed by atoms with Gasteiger partial charge < -0.3 is 19.9 Å². The molecule has 0 saturated carbocycles. The maximum Gasteiger partial charge on any atom is 0.237 e. The predicted molar refractivity (Wildman–Crippen MR) is 105 cm³/mol. The van der Waals surface area contributed by atoms with Crippen LogP contribution in [0.1, 0.15) is 23.5 Å². The number of H-pyrrole nitrogens is 1. The fourth-order valence-electron chi connectivity index (χ4n) is 3.36. The number of aromatic nitrogens is 2. The Bertz CT molecular complexity index is 885. The van der Waals surface area contributed by atoms with Gasteiger partial charge in [-0.3, -0.25) is 14.5 Å². The number of nitrogens with zero attached hydrogens (tertiary/aromatic N) is 3. The molecule has 8 nitrogen and oxygen atoms in total. The SMILES string of the molecule is COc1ccc(CN2CCNC(=O)[C@@H]2CC(=O)N(C)Cc2ncc(C)[nH]2)c(F)c1. The number of aryl methyl sites for hydroxylation is 1. The van der Waals surface area contributed by atoms with E-state index in [0.29, 0.717) is 36.8 Å². The zero-order valence-electron chi connectivity index (χ0n) is 16.9. The minimum absolute atomic E-state index is 0.0137. The second kappa shape index (κ2) is 9.04. The second-order valence-corrected chi connectivity index (χ2v) is 7.20. The zero-order valence-corrected chi connectivity index (χ0v) is 16.9. The molecule has 2 N–H and O–H groups in total. The first-order valence-electron chi connectivity index (χ1n) is 9.46. The van der Waals surface area contributed by atoms with Crippen LogP contribution in [0, 0.1) is 12.7 Å². The Morgan fingerprint density at radius 1 is 1.45 bits per heavy atom. The van der Waals surface area contributed by atoms with E-state index in [-0.39, 0.29) is 24.8 Å². The summed E-state index contributed by atoms with van der Waals surface area (Å²) < 4.78 is 19.4. The third-order valence-electron chi connectivity index (χ3n) is 5.01. The number of benzene rings is 1. The van der Waals surface area contributed by atoms with Crippen LogP contribution in [-0.4, -0.2) is 64.9 Å². The Morgan fingerprint density at radius 2 is 2.24 bits per heavy atom. The van der Waals surface area contributed by atoms with E-state index in [9.17, 15) is 14.0 Å². The Balaban J connectivity index is 1.67. The van der Waals surface area contributed by atoms with Crippen molar-refractivity contribution < 1.29 is 18.7 Å². The van der Waals surface area contributed by atoms with E-state index in [1.807, 2.05) is 11.8 Å². The summed E-state index contributed by atoms with van der Waals surface area (Å²) in [5, 5.41) is 2.79. The zero-order chi connectivity index (χ0) is 21.0. The molecule has 0 spiro atoms. The molecular formula is C20H26FN5O3. The normalized spacial score (nSPS) is 17.1. The first-order valence-corrected chi connectivity index (χ1v) is 9.46. The van der Waals surface area contributed by atoms with E-state index in [2.05, 4.69) is 15.3 Å². The molecule has 29 heavy (non-hydrogen) atoms. The van der Waals surface area contributed by atoms with Crippen LogP contribution in [0.3, 0.4) is 0 Å². The summed E-state index contributed by atoms with van der Waals surface area (Å²) in [6.45, 7) is 3.45. The minimum atomic E-state index is -0.654. The minimum Gasteiger partial charge on any atom is -0.497 e. The third kappa shape index (κ3) is 5.11. The van der Waals surface area contributed by atoms with Crippen LogP contribution in [0.5, 0.6) is 5.75 Å². The van der Waals surface area contributed by atoms with Crippen molar-refractivity contribution in [2.45, 2.75) is 32.5 Å². The molecule has 1 aliphatic heterocycles. The van der Waals surface area contributed by atoms with E-state index in [1.165, 1.54) is 18.1 Å². The van der Waals surface area contributed by atoms with Crippen molar-refractivity contribution in [1.82, 2.24) is 25.1 Å². The van der Waals surface area contributed by atoms with Gasteiger partial charge in [-0.15, -0.1) is 0 Å². The molecule has 1 atom stereocenters. The lowest BCUT2D eigenvalue weighted by atomic mass is 10.1. The lowest BCUT2D eigenvalue weighted by Gasteiger charge is -2.35. The highest BCUT2D eigenvalue weighted by molar-refractivity contribution is 5.88. The molecule has 1 aromatic carbocycles. The number of nitrogens with one attached hydrogen (secondary N) is 2. The number of aromatic amines is 1. The highest BCUT2D eigenvalue weighted by atomic mass is 19.1. The van der Waals surface area contributed by atoms with Gasteiger partial charge in [-0.05, 0) is 13.0 Å². The molecule has 0 unspecified atom stereocenters. The Labute approximate surface area is 169 Å². The molecule has 1 saturated heterocycles. The molecule has 2 amide bonds. The van der Waals surface area contributed by atoms with Crippen LogP contribution >= 0.6 is 0 Å². The number of methoxy groups -OCH3 is 1. The summed E-state index contributed by atoms with van der Waals surface area (Å²) in [4.78, 5) is 35.8. The molecule has 2 heterocycles. The lowest BCUT2D eigenvalue weighted by molar-refractivity contribution is -0.138. The van der Waals surface area contributed by atoms with Crippen molar-refractivity contribution in [2.75, 3.05) is 27.2 Å². The van der Waals surface area contributed by atoms with Crippen molar-refractivity contribution in [3.63, 3.8) is 0 Å². The molecule has 1 fully saturated rings. The fraction of sp³-hybridized carbons (Fsp3) is 0.450. The third-order valence-corrected chi connectivity index (χ3v) is 5.01. The first kappa shape index (κ1) is 20.8. The monoisotopic (exact) mass is 403 g/mol. The Morgan fingerprint density at radius 3 is 2.90 bits per heavy atom. The first-order chi connectivity index (χ1) is 13.9. The van der Waals surface area contributed by atoms with Crippen molar-refractivity contribution in [3.8, 4) is 5.75 Å². The van der Waals surface area contributed by atoms with E-state index >= 15 is 0 Å². The van der Waals surface area contributed by atoms with Crippen LogP contribution in [-0.2, 0) is 22.7 Å². The summed E-state index contributed by atoms with van der Waals surface area (Å²) in [5.41, 5.74) is 1.37. The van der Waals surface area contributed by atoms with Crippen molar-refractivity contribution >= 4 is 11.8 Å². The lowest BCUT2D eigenvalue weighted by Crippen LogP contribution is -2.56. The van der Waals surface area contributed by atoms with Gasteiger partial charge in [0.05, 0.1) is 26.1 Å². The topological polar surface area (TPSA) is 90.6 Å². The summed E-state index contributed by atoms with van der Waals surface area (Å²) in [6, 6.07) is 3.99. The van der Waals surface area contributed by atoms with E-state index in [4.69, 9.17) is 4.74 Å². The maximum absolute atomic E-state index is 14.4. The number of imidazole rings is 1. The van der Waals surface area contributed by atoms with Crippen LogP contribution < -0.4 is 10.1 Å². The highest BCUT2D eigenvalue weighted by Crippen LogP contribution is 2.20. The summed E-state index contributed by atoms with van der Waals surface area (Å²) in [5.74, 6) is 0.320. The standard InChI is InChI=1S/C20H26FN5O3/c1-13-10-23-18(24-13)12-25(2)19(27)9-17-20(28)22-6-7-26(17)11-14-4-5-15(29-3)8-16(14)21/h4-5,8,10,17H,6-7,9,11-12H2,1-3H3,(H,22,28)(H,23,24)/t17-/m0/s1. The van der Waals surface area contributed by atoms with Crippen molar-refractivity contribution in [2.24, 2.45) is 0 Å². The largest absolute Gasteiger partial charge is 0.497 e. The number of amides is 2. The van der Waals surface area contributed by atoms with Crippen LogP contribution in [0.4, 0.5) is 4.39 Å². The number of carbonyl (C=O) groups is 2. The van der Waals surface area contributed by atoms with E-state index in [0.717, 1.165) is 5.69 Å². The second-order valence-electron chi connectivity index (χ2n) is 7.20. The average Bonchev–Trinajstić information content (AvgIpc) is 3.10. The molecule has 1 aromatic heterocycles. The van der Waals surface area contributed by atoms with Crippen LogP contribution in [0.15, 0.2) is 24.4 Å². The summed E-state index contributed by atoms with van der Waals surface area (Å²) >= 11 is 0. The fourth-order valence-corrected chi connectivity index (χ4v) is 3.36. The van der Waals surface area contributed by atoms with Gasteiger partial charge >= 0.3 is 0 Å². The molecule has 156 valence electrons. The van der Waals surface area contributed by atoms with Gasteiger partial charge in [-0.25, -0.2) is 9.37 Å². The smallest absolute Gasteiger partial charge is 0.237 e. The highest BCUT2D eigenvalue weighted by Gasteiger charge is 2.33. The van der Waals surface area contributed by atoms with Crippen molar-refractivity contribution in [1.29, 1.82) is 0 Å². The van der Waals surface area contributed by atoms with Gasteiger partial charge in [0.15, 0.2) is 0 Å². The summed E-state index contributed by atoms with van der Waals surface area (Å²) in [6.07, 6.45) is 1.72. The number of hydrogen-bond acceptors (Lipinski definition) is 5. The molecular weight excluding hydrogens is 377 g/mol. The maximum atomic E-state index is 14.4. The van der Waals surface area contributed by atoms with Gasteiger partial charge in [0.1, 0.15) is 17.4 Å². The molecule has 3 rings (SSSR count). The van der Waals surface area contributed by atoms with Gasteiger partial charge in [0.2, 0.25) is 11.8 Å². The van der Waals surface area contributed by atoms with Gasteiger partial charge in [0.25, 0.3) is 0 Å². The number of piperazine rings is 1. The van der Waals surface area contributed by atoms with Gasteiger partial charge in [-0.2, -0.15) is 0 Å². The molecule has 0 bridgehead atoms. The number of rotatable bonds is 7. The molecule has 0 aliphatic carbocycles. The average molecular weight is 403 g/mol. The Hall–Kier alpha value is -2.94. The molecule has 1 aliphatic rings. The number of halogens is 1. The van der Waals surface area contributed by atoms with Gasteiger partial charge in [0, 0.05) is 50.2 Å². The van der Waals surface area contributed by atoms with Gasteiger partial charge in [-0.1, -0.05) is 6.07 Å². The number of carbonyl (C=O) groups excluding carboxylic acids is 2. The number of ether oxygens (including phenoxy) is 1. The molecule has 0 radical (unpaired) electrons. The molecule has 9 heteroatoms. The van der Waals surface area contributed by atoms with E-state index < -0.39 is 11.9 Å². The van der Waals surface area contributed by atoms with E-state index in [1.54, 1.807) is 25.4 Å². The summed E-state index contributed by atoms with van der Waals surface area (Å²) in [7, 11) is 3.15. The Kier molecular flexibility index (Phi) is 6.48. The van der Waals surface area contributed by atoms with Crippen LogP contribution in [0.25, 0.3) is 0 Å². The number of hydrogen-bond donors (Lipinski definition) is 2.